The highest BCUT2D eigenvalue weighted by molar-refractivity contribution is 7.13. The van der Waals surface area contributed by atoms with Crippen molar-refractivity contribution < 1.29 is 28.6 Å². The molecule has 0 aromatic carbocycles. The van der Waals surface area contributed by atoms with E-state index in [1.54, 1.807) is 6.20 Å². The number of Topliss-reactive ketones (excluding diaryl/α,β-unsaturated/α-hetero) is 1. The van der Waals surface area contributed by atoms with Gasteiger partial charge in [-0.05, 0) is 12.3 Å². The van der Waals surface area contributed by atoms with Crippen molar-refractivity contribution in [2.24, 2.45) is 11.8 Å². The lowest BCUT2D eigenvalue weighted by molar-refractivity contribution is -0.206. The minimum atomic E-state index is -0.502. The average molecular weight is 397 g/mol. The zero-order chi connectivity index (χ0) is 20.1. The second kappa shape index (κ2) is 9.41. The first-order valence-electron chi connectivity index (χ1n) is 9.10. The van der Waals surface area contributed by atoms with Gasteiger partial charge in [-0.15, -0.1) is 11.3 Å². The first-order valence-corrected chi connectivity index (χ1v) is 9.92. The van der Waals surface area contributed by atoms with E-state index in [9.17, 15) is 14.4 Å². The molecule has 2 heterocycles. The van der Waals surface area contributed by atoms with Crippen LogP contribution < -0.4 is 0 Å². The standard InChI is InChI=1S/C19H27NO6S/c1-10-11(2)19(25-14(5)23)16(9-24-13(4)22)26-15(10)6-7-18-20-8-17(27-18)12(3)21/h8,10-11,15-16,19H,6-7,9H2,1-5H3/t10-,11+,15+,16+,19-/m0/s1. The van der Waals surface area contributed by atoms with Gasteiger partial charge < -0.3 is 14.2 Å². The summed E-state index contributed by atoms with van der Waals surface area (Å²) in [7, 11) is 0. The van der Waals surface area contributed by atoms with Gasteiger partial charge in [-0.3, -0.25) is 14.4 Å². The van der Waals surface area contributed by atoms with Crippen LogP contribution in [0.4, 0.5) is 0 Å². The van der Waals surface area contributed by atoms with Crippen molar-refractivity contribution >= 4 is 29.1 Å². The number of thiazole rings is 1. The van der Waals surface area contributed by atoms with Crippen molar-refractivity contribution in [2.75, 3.05) is 6.61 Å². The highest BCUT2D eigenvalue weighted by Gasteiger charge is 2.43. The van der Waals surface area contributed by atoms with E-state index >= 15 is 0 Å². The van der Waals surface area contributed by atoms with Gasteiger partial charge in [-0.25, -0.2) is 4.98 Å². The van der Waals surface area contributed by atoms with Gasteiger partial charge in [0.15, 0.2) is 5.78 Å². The predicted octanol–water partition coefficient (Wildman–Crippen LogP) is 2.81. The third-order valence-corrected chi connectivity index (χ3v) is 6.10. The Morgan fingerprint density at radius 3 is 2.37 bits per heavy atom. The molecule has 0 aliphatic carbocycles. The van der Waals surface area contributed by atoms with E-state index < -0.39 is 18.2 Å². The molecule has 0 unspecified atom stereocenters. The maximum Gasteiger partial charge on any atom is 0.303 e. The molecule has 27 heavy (non-hydrogen) atoms. The van der Waals surface area contributed by atoms with Crippen LogP contribution in [-0.2, 0) is 30.2 Å². The van der Waals surface area contributed by atoms with E-state index in [1.807, 2.05) is 6.92 Å². The molecular weight excluding hydrogens is 370 g/mol. The normalized spacial score (nSPS) is 27.8. The van der Waals surface area contributed by atoms with E-state index in [2.05, 4.69) is 11.9 Å². The molecule has 150 valence electrons. The highest BCUT2D eigenvalue weighted by atomic mass is 32.1. The molecule has 0 bridgehead atoms. The van der Waals surface area contributed by atoms with E-state index in [1.165, 1.54) is 32.1 Å². The number of ether oxygens (including phenoxy) is 3. The Bertz CT molecular complexity index is 687. The molecule has 0 saturated carbocycles. The van der Waals surface area contributed by atoms with E-state index in [4.69, 9.17) is 14.2 Å². The van der Waals surface area contributed by atoms with Gasteiger partial charge in [0.05, 0.1) is 16.0 Å². The zero-order valence-corrected chi connectivity index (χ0v) is 17.2. The van der Waals surface area contributed by atoms with Gasteiger partial charge in [0.25, 0.3) is 0 Å². The van der Waals surface area contributed by atoms with Crippen LogP contribution in [-0.4, -0.2) is 47.6 Å². The minimum Gasteiger partial charge on any atom is -0.463 e. The Morgan fingerprint density at radius 2 is 1.81 bits per heavy atom. The Kier molecular flexibility index (Phi) is 7.49. The molecule has 1 aromatic heterocycles. The molecule has 5 atom stereocenters. The van der Waals surface area contributed by atoms with E-state index in [-0.39, 0.29) is 36.3 Å². The summed E-state index contributed by atoms with van der Waals surface area (Å²) in [5.74, 6) is -0.566. The molecule has 2 rings (SSSR count). The summed E-state index contributed by atoms with van der Waals surface area (Å²) in [6.07, 6.45) is 1.97. The van der Waals surface area contributed by atoms with Gasteiger partial charge in [-0.2, -0.15) is 0 Å². The number of hydrogen-bond acceptors (Lipinski definition) is 8. The van der Waals surface area contributed by atoms with Crippen molar-refractivity contribution in [1.29, 1.82) is 0 Å². The summed E-state index contributed by atoms with van der Waals surface area (Å²) in [4.78, 5) is 39.0. The third-order valence-electron chi connectivity index (χ3n) is 4.95. The quantitative estimate of drug-likeness (QED) is 0.516. The van der Waals surface area contributed by atoms with E-state index in [0.29, 0.717) is 11.3 Å². The molecule has 1 aliphatic rings. The van der Waals surface area contributed by atoms with Gasteiger partial charge in [0.1, 0.15) is 18.8 Å². The number of nitrogens with zero attached hydrogens (tertiary/aromatic N) is 1. The molecule has 1 fully saturated rings. The minimum absolute atomic E-state index is 0.0142. The summed E-state index contributed by atoms with van der Waals surface area (Å²) in [5.41, 5.74) is 0. The molecule has 1 aromatic rings. The Labute approximate surface area is 163 Å². The highest BCUT2D eigenvalue weighted by Crippen LogP contribution is 2.35. The van der Waals surface area contributed by atoms with Crippen molar-refractivity contribution in [1.82, 2.24) is 4.98 Å². The molecule has 8 heteroatoms. The summed E-state index contributed by atoms with van der Waals surface area (Å²) < 4.78 is 16.7. The van der Waals surface area contributed by atoms with Crippen molar-refractivity contribution in [2.45, 2.75) is 65.8 Å². The lowest BCUT2D eigenvalue weighted by Gasteiger charge is -2.44. The smallest absolute Gasteiger partial charge is 0.303 e. The largest absolute Gasteiger partial charge is 0.463 e. The summed E-state index contributed by atoms with van der Waals surface area (Å²) >= 11 is 1.40. The second-order valence-electron chi connectivity index (χ2n) is 7.02. The SMILES string of the molecule is CC(=O)OC[C@H]1O[C@H](CCc2ncc(C(C)=O)s2)[C@@H](C)[C@@H](C)[C@@H]1OC(C)=O. The molecule has 0 radical (unpaired) electrons. The fourth-order valence-electron chi connectivity index (χ4n) is 3.30. The number of esters is 2. The summed E-state index contributed by atoms with van der Waals surface area (Å²) in [6, 6.07) is 0. The number of carbonyl (C=O) groups is 3. The van der Waals surface area contributed by atoms with E-state index in [0.717, 1.165) is 11.4 Å². The van der Waals surface area contributed by atoms with Crippen LogP contribution in [0.3, 0.4) is 0 Å². The molecular formula is C19H27NO6S. The fourth-order valence-corrected chi connectivity index (χ4v) is 4.12. The molecule has 0 amide bonds. The maximum atomic E-state index is 11.5. The Morgan fingerprint density at radius 1 is 1.11 bits per heavy atom. The Hall–Kier alpha value is -1.80. The second-order valence-corrected chi connectivity index (χ2v) is 8.14. The zero-order valence-electron chi connectivity index (χ0n) is 16.4. The van der Waals surface area contributed by atoms with Crippen molar-refractivity contribution in [3.05, 3.63) is 16.1 Å². The number of carbonyl (C=O) groups excluding carboxylic acids is 3. The molecule has 0 N–H and O–H groups in total. The number of aromatic nitrogens is 1. The lowest BCUT2D eigenvalue weighted by atomic mass is 9.80. The van der Waals surface area contributed by atoms with Crippen LogP contribution in [0.5, 0.6) is 0 Å². The van der Waals surface area contributed by atoms with Crippen molar-refractivity contribution in [3.8, 4) is 0 Å². The number of aryl methyl sites for hydroxylation is 1. The fraction of sp³-hybridized carbons (Fsp3) is 0.684. The van der Waals surface area contributed by atoms with Crippen LogP contribution in [0.25, 0.3) is 0 Å². The van der Waals surface area contributed by atoms with Crippen LogP contribution in [0.2, 0.25) is 0 Å². The number of ketones is 1. The topological polar surface area (TPSA) is 91.8 Å². The average Bonchev–Trinajstić information content (AvgIpc) is 3.06. The van der Waals surface area contributed by atoms with Crippen LogP contribution >= 0.6 is 11.3 Å². The maximum absolute atomic E-state index is 11.5. The van der Waals surface area contributed by atoms with Crippen molar-refractivity contribution in [3.63, 3.8) is 0 Å². The summed E-state index contributed by atoms with van der Waals surface area (Å²) in [5, 5.41) is 0.891. The first-order chi connectivity index (χ1) is 12.7. The van der Waals surface area contributed by atoms with Gasteiger partial charge >= 0.3 is 11.9 Å². The van der Waals surface area contributed by atoms with Crippen LogP contribution in [0, 0.1) is 11.8 Å². The van der Waals surface area contributed by atoms with Gasteiger partial charge in [0, 0.05) is 39.3 Å². The first kappa shape index (κ1) is 21.5. The number of rotatable bonds is 7. The Balaban J connectivity index is 2.05. The predicted molar refractivity (Wildman–Crippen MR) is 99.6 cm³/mol. The van der Waals surface area contributed by atoms with Gasteiger partial charge in [0.2, 0.25) is 0 Å². The molecule has 7 nitrogen and oxygen atoms in total. The van der Waals surface area contributed by atoms with Crippen LogP contribution in [0.1, 0.15) is 55.7 Å². The third kappa shape index (κ3) is 5.84. The molecule has 1 aliphatic heterocycles. The molecule has 1 saturated heterocycles. The number of hydrogen-bond donors (Lipinski definition) is 0. The monoisotopic (exact) mass is 397 g/mol. The van der Waals surface area contributed by atoms with Crippen LogP contribution in [0.15, 0.2) is 6.20 Å². The molecule has 0 spiro atoms. The summed E-state index contributed by atoms with van der Waals surface area (Å²) in [6.45, 7) is 8.36. The lowest BCUT2D eigenvalue weighted by Crippen LogP contribution is -2.52. The van der Waals surface area contributed by atoms with Gasteiger partial charge in [-0.1, -0.05) is 13.8 Å².